The van der Waals surface area contributed by atoms with E-state index in [2.05, 4.69) is 9.47 Å². The number of aromatic carboxylic acids is 1. The van der Waals surface area contributed by atoms with Gasteiger partial charge in [0, 0.05) is 35.2 Å². The van der Waals surface area contributed by atoms with Crippen molar-refractivity contribution in [3.63, 3.8) is 0 Å². The number of carboxylic acids is 1. The fourth-order valence-electron chi connectivity index (χ4n) is 4.50. The second-order valence-corrected chi connectivity index (χ2v) is 6.71. The lowest BCUT2D eigenvalue weighted by Gasteiger charge is -2.48. The van der Waals surface area contributed by atoms with Gasteiger partial charge >= 0.3 is 5.97 Å². The van der Waals surface area contributed by atoms with Gasteiger partial charge < -0.3 is 14.6 Å². The number of fused-ring (bicyclic) bond motifs is 3. The van der Waals surface area contributed by atoms with Crippen LogP contribution in [0.1, 0.15) is 48.5 Å². The molecule has 2 aliphatic heterocycles. The molecule has 0 aliphatic carbocycles. The quantitative estimate of drug-likeness (QED) is 0.653. The first kappa shape index (κ1) is 16.8. The highest BCUT2D eigenvalue weighted by Crippen LogP contribution is 2.40. The molecule has 2 saturated heterocycles. The summed E-state index contributed by atoms with van der Waals surface area (Å²) in [5.74, 6) is -0.864. The Hall–Kier alpha value is -2.01. The Labute approximate surface area is 147 Å². The maximum atomic E-state index is 11.6. The molecular formula is C18H22ClN3O2. The molecule has 2 N–H and O–H groups in total. The van der Waals surface area contributed by atoms with E-state index >= 15 is 0 Å². The highest BCUT2D eigenvalue weighted by atomic mass is 35.5. The number of carbonyl (C=O) groups is 1. The first-order valence-electron chi connectivity index (χ1n) is 8.30. The largest absolute Gasteiger partial charge is 0.478 e. The molecule has 2 unspecified atom stereocenters. The second kappa shape index (κ2) is 6.48. The van der Waals surface area contributed by atoms with Gasteiger partial charge in [0.2, 0.25) is 0 Å². The molecule has 4 rings (SSSR count). The number of nitrogens with zero attached hydrogens (tertiary/aromatic N) is 2. The van der Waals surface area contributed by atoms with Gasteiger partial charge in [-0.3, -0.25) is 5.41 Å². The molecule has 128 valence electrons. The van der Waals surface area contributed by atoms with Gasteiger partial charge in [-0.05, 0) is 38.2 Å². The number of piperidine rings is 2. The van der Waals surface area contributed by atoms with E-state index in [0.29, 0.717) is 23.7 Å². The van der Waals surface area contributed by atoms with E-state index in [4.69, 9.17) is 5.41 Å². The van der Waals surface area contributed by atoms with Crippen LogP contribution in [-0.4, -0.2) is 39.0 Å². The number of nitrogens with one attached hydrogen (secondary N) is 1. The van der Waals surface area contributed by atoms with Crippen molar-refractivity contribution < 1.29 is 9.90 Å². The highest BCUT2D eigenvalue weighted by Gasteiger charge is 2.38. The minimum atomic E-state index is -0.864. The highest BCUT2D eigenvalue weighted by molar-refractivity contribution is 6.03. The molecule has 1 aromatic heterocycles. The average Bonchev–Trinajstić information content (AvgIpc) is 2.93. The van der Waals surface area contributed by atoms with Gasteiger partial charge in [0.25, 0.3) is 0 Å². The third-order valence-corrected chi connectivity index (χ3v) is 5.52. The maximum Gasteiger partial charge on any atom is 0.337 e. The minimum absolute atomic E-state index is 0. The van der Waals surface area contributed by atoms with E-state index in [1.165, 1.54) is 12.8 Å². The van der Waals surface area contributed by atoms with Crippen LogP contribution in [0.15, 0.2) is 30.5 Å². The molecule has 3 heterocycles. The summed E-state index contributed by atoms with van der Waals surface area (Å²) in [6.07, 6.45) is 8.79. The van der Waals surface area contributed by atoms with Crippen molar-refractivity contribution in [1.29, 1.82) is 5.41 Å². The number of hydrogen-bond acceptors (Lipinski definition) is 2. The summed E-state index contributed by atoms with van der Waals surface area (Å²) in [5, 5.41) is 18.0. The van der Waals surface area contributed by atoms with Gasteiger partial charge in [0.05, 0.1) is 11.9 Å². The van der Waals surface area contributed by atoms with Crippen LogP contribution in [0.4, 0.5) is 0 Å². The topological polar surface area (TPSA) is 69.3 Å². The second-order valence-electron chi connectivity index (χ2n) is 6.71. The zero-order valence-corrected chi connectivity index (χ0v) is 14.2. The predicted octanol–water partition coefficient (Wildman–Crippen LogP) is 3.93. The molecule has 24 heavy (non-hydrogen) atoms. The number of aromatic nitrogens is 1. The van der Waals surface area contributed by atoms with Crippen LogP contribution in [0, 0.1) is 5.41 Å². The van der Waals surface area contributed by atoms with Crippen LogP contribution in [-0.2, 0) is 0 Å². The Morgan fingerprint density at radius 3 is 2.46 bits per heavy atom. The molecule has 2 aromatic rings. The Morgan fingerprint density at radius 2 is 1.83 bits per heavy atom. The third-order valence-electron chi connectivity index (χ3n) is 5.52. The van der Waals surface area contributed by atoms with Crippen molar-refractivity contribution in [3.8, 4) is 0 Å². The Kier molecular flexibility index (Phi) is 4.54. The van der Waals surface area contributed by atoms with Crippen molar-refractivity contribution in [1.82, 2.24) is 9.47 Å². The molecule has 1 aromatic carbocycles. The molecule has 2 fully saturated rings. The Bertz CT molecular complexity index is 759. The molecular weight excluding hydrogens is 326 g/mol. The lowest BCUT2D eigenvalue weighted by atomic mass is 9.82. The zero-order valence-electron chi connectivity index (χ0n) is 13.4. The number of halogens is 1. The van der Waals surface area contributed by atoms with Crippen LogP contribution in [0.3, 0.4) is 0 Å². The number of benzene rings is 1. The Morgan fingerprint density at radius 1 is 1.17 bits per heavy atom. The van der Waals surface area contributed by atoms with Crippen LogP contribution in [0.2, 0.25) is 0 Å². The normalized spacial score (nSPS) is 26.0. The van der Waals surface area contributed by atoms with Crippen molar-refractivity contribution in [2.45, 2.75) is 50.2 Å². The van der Waals surface area contributed by atoms with Gasteiger partial charge in [0.15, 0.2) is 0 Å². The fourth-order valence-corrected chi connectivity index (χ4v) is 4.50. The molecule has 0 radical (unpaired) electrons. The molecule has 5 nitrogen and oxygen atoms in total. The van der Waals surface area contributed by atoms with Crippen molar-refractivity contribution in [2.75, 3.05) is 0 Å². The van der Waals surface area contributed by atoms with Gasteiger partial charge in [-0.15, -0.1) is 12.4 Å². The average molecular weight is 348 g/mol. The maximum absolute atomic E-state index is 11.6. The van der Waals surface area contributed by atoms with E-state index in [1.807, 2.05) is 30.5 Å². The number of carboxylic acid groups (broad SMARTS) is 1. The summed E-state index contributed by atoms with van der Waals surface area (Å²) in [6.45, 7) is 0. The summed E-state index contributed by atoms with van der Waals surface area (Å²) in [7, 11) is 0. The van der Waals surface area contributed by atoms with Crippen LogP contribution in [0.5, 0.6) is 0 Å². The third kappa shape index (κ3) is 2.57. The summed E-state index contributed by atoms with van der Waals surface area (Å²) in [5.41, 5.74) is 1.40. The van der Waals surface area contributed by atoms with E-state index in [9.17, 15) is 9.90 Å². The van der Waals surface area contributed by atoms with Crippen LogP contribution < -0.4 is 0 Å². The van der Waals surface area contributed by atoms with E-state index < -0.39 is 5.97 Å². The summed E-state index contributed by atoms with van der Waals surface area (Å²) >= 11 is 0. The molecule has 0 saturated carbocycles. The SMILES string of the molecule is Cl.N=CN1C2CCCC1CC(n1cc(C(=O)O)c3ccccc31)C2. The Balaban J connectivity index is 0.00000169. The molecule has 0 amide bonds. The van der Waals surface area contributed by atoms with Crippen LogP contribution >= 0.6 is 12.4 Å². The predicted molar refractivity (Wildman–Crippen MR) is 96.5 cm³/mol. The van der Waals surface area contributed by atoms with Gasteiger partial charge in [-0.25, -0.2) is 4.79 Å². The molecule has 0 spiro atoms. The lowest BCUT2D eigenvalue weighted by Crippen LogP contribution is -2.51. The lowest BCUT2D eigenvalue weighted by molar-refractivity contribution is 0.0697. The van der Waals surface area contributed by atoms with Crippen molar-refractivity contribution >= 4 is 35.6 Å². The molecule has 2 aliphatic rings. The van der Waals surface area contributed by atoms with E-state index in [1.54, 1.807) is 0 Å². The van der Waals surface area contributed by atoms with Crippen molar-refractivity contribution in [2.24, 2.45) is 0 Å². The summed E-state index contributed by atoms with van der Waals surface area (Å²) in [4.78, 5) is 13.8. The smallest absolute Gasteiger partial charge is 0.337 e. The van der Waals surface area contributed by atoms with Crippen molar-refractivity contribution in [3.05, 3.63) is 36.0 Å². The molecule has 2 atom stereocenters. The monoisotopic (exact) mass is 347 g/mol. The van der Waals surface area contributed by atoms with E-state index in [0.717, 1.165) is 36.6 Å². The fraction of sp³-hybridized carbons (Fsp3) is 0.444. The van der Waals surface area contributed by atoms with Crippen LogP contribution in [0.25, 0.3) is 10.9 Å². The molecule has 2 bridgehead atoms. The number of rotatable bonds is 3. The first-order chi connectivity index (χ1) is 11.2. The summed E-state index contributed by atoms with van der Waals surface area (Å²) < 4.78 is 2.17. The molecule has 6 heteroatoms. The first-order valence-corrected chi connectivity index (χ1v) is 8.30. The zero-order chi connectivity index (χ0) is 16.0. The van der Waals surface area contributed by atoms with E-state index in [-0.39, 0.29) is 12.4 Å². The minimum Gasteiger partial charge on any atom is -0.478 e. The summed E-state index contributed by atoms with van der Waals surface area (Å²) in [6, 6.07) is 8.92. The number of para-hydroxylation sites is 1. The number of hydrogen-bond donors (Lipinski definition) is 2. The standard InChI is InChI=1S/C18H21N3O2.ClH/c19-11-21-12-4-3-5-13(21)9-14(8-12)20-10-16(18(22)23)15-6-1-2-7-17(15)20;/h1-2,6-7,10-14,19H,3-5,8-9H2,(H,22,23);1H. The van der Waals surface area contributed by atoms with Gasteiger partial charge in [-0.2, -0.15) is 0 Å². The van der Waals surface area contributed by atoms with Gasteiger partial charge in [-0.1, -0.05) is 18.2 Å². The van der Waals surface area contributed by atoms with Gasteiger partial charge in [0.1, 0.15) is 0 Å².